The summed E-state index contributed by atoms with van der Waals surface area (Å²) in [6.07, 6.45) is 2.20. The molecule has 0 aliphatic carbocycles. The Morgan fingerprint density at radius 1 is 1.39 bits per heavy atom. The average molecular weight is 251 g/mol. The highest BCUT2D eigenvalue weighted by atomic mass is 16.5. The Labute approximate surface area is 108 Å². The van der Waals surface area contributed by atoms with Crippen molar-refractivity contribution in [2.75, 3.05) is 19.0 Å². The largest absolute Gasteiger partial charge is 0.495 e. The van der Waals surface area contributed by atoms with E-state index in [0.717, 1.165) is 25.1 Å². The monoisotopic (exact) mass is 251 g/mol. The molecule has 0 saturated heterocycles. The number of carbonyl (C=O) groups is 1. The highest BCUT2D eigenvalue weighted by Gasteiger charge is 2.10. The van der Waals surface area contributed by atoms with Crippen LogP contribution < -0.4 is 10.1 Å². The van der Waals surface area contributed by atoms with Crippen molar-refractivity contribution in [3.8, 4) is 5.75 Å². The molecular formula is C14H21NO3. The second-order valence-corrected chi connectivity index (χ2v) is 4.28. The summed E-state index contributed by atoms with van der Waals surface area (Å²) in [4.78, 5) is 10.9. The third-order valence-corrected chi connectivity index (χ3v) is 3.18. The molecule has 0 heterocycles. The number of carboxylic acid groups (broad SMARTS) is 1. The summed E-state index contributed by atoms with van der Waals surface area (Å²) in [5, 5.41) is 12.2. The summed E-state index contributed by atoms with van der Waals surface area (Å²) in [7, 11) is 1.58. The van der Waals surface area contributed by atoms with E-state index in [1.165, 1.54) is 0 Å². The van der Waals surface area contributed by atoms with Gasteiger partial charge in [-0.15, -0.1) is 0 Å². The SMILES string of the molecule is CCC(CC)CNc1cc(C(=O)O)ccc1OC. The van der Waals surface area contributed by atoms with E-state index in [-0.39, 0.29) is 5.56 Å². The first-order valence-electron chi connectivity index (χ1n) is 6.27. The van der Waals surface area contributed by atoms with E-state index in [2.05, 4.69) is 19.2 Å². The van der Waals surface area contributed by atoms with Gasteiger partial charge in [0.1, 0.15) is 5.75 Å². The molecule has 1 aromatic rings. The van der Waals surface area contributed by atoms with Crippen LogP contribution in [0.1, 0.15) is 37.0 Å². The number of ether oxygens (including phenoxy) is 1. The van der Waals surface area contributed by atoms with Crippen molar-refractivity contribution in [2.24, 2.45) is 5.92 Å². The molecular weight excluding hydrogens is 230 g/mol. The van der Waals surface area contributed by atoms with Crippen LogP contribution in [0.3, 0.4) is 0 Å². The molecule has 0 atom stereocenters. The first-order chi connectivity index (χ1) is 8.62. The van der Waals surface area contributed by atoms with Crippen molar-refractivity contribution >= 4 is 11.7 Å². The van der Waals surface area contributed by atoms with Crippen LogP contribution in [0.4, 0.5) is 5.69 Å². The minimum atomic E-state index is -0.928. The van der Waals surface area contributed by atoms with Crippen molar-refractivity contribution in [1.82, 2.24) is 0 Å². The summed E-state index contributed by atoms with van der Waals surface area (Å²) in [5.41, 5.74) is 1.01. The fourth-order valence-corrected chi connectivity index (χ4v) is 1.81. The first kappa shape index (κ1) is 14.4. The number of methoxy groups -OCH3 is 1. The average Bonchev–Trinajstić information content (AvgIpc) is 2.39. The molecule has 0 amide bonds. The van der Waals surface area contributed by atoms with Gasteiger partial charge in [-0.1, -0.05) is 26.7 Å². The summed E-state index contributed by atoms with van der Waals surface area (Å²) in [6.45, 7) is 5.13. The van der Waals surface area contributed by atoms with Gasteiger partial charge in [0, 0.05) is 6.54 Å². The van der Waals surface area contributed by atoms with Gasteiger partial charge in [0.2, 0.25) is 0 Å². The van der Waals surface area contributed by atoms with Gasteiger partial charge in [-0.3, -0.25) is 0 Å². The van der Waals surface area contributed by atoms with E-state index in [0.29, 0.717) is 11.7 Å². The van der Waals surface area contributed by atoms with Crippen molar-refractivity contribution in [2.45, 2.75) is 26.7 Å². The lowest BCUT2D eigenvalue weighted by Crippen LogP contribution is -2.13. The van der Waals surface area contributed by atoms with Crippen LogP contribution in [0.25, 0.3) is 0 Å². The zero-order chi connectivity index (χ0) is 13.5. The summed E-state index contributed by atoms with van der Waals surface area (Å²) < 4.78 is 5.22. The number of carboxylic acids is 1. The maximum Gasteiger partial charge on any atom is 0.335 e. The molecule has 0 aromatic heterocycles. The normalized spacial score (nSPS) is 10.4. The van der Waals surface area contributed by atoms with Crippen LogP contribution in [0.2, 0.25) is 0 Å². The van der Waals surface area contributed by atoms with Gasteiger partial charge in [-0.2, -0.15) is 0 Å². The number of rotatable bonds is 7. The molecule has 0 aliphatic rings. The third kappa shape index (κ3) is 3.65. The Morgan fingerprint density at radius 3 is 2.56 bits per heavy atom. The fourth-order valence-electron chi connectivity index (χ4n) is 1.81. The molecule has 0 radical (unpaired) electrons. The molecule has 2 N–H and O–H groups in total. The molecule has 4 heteroatoms. The number of hydrogen-bond donors (Lipinski definition) is 2. The van der Waals surface area contributed by atoms with Gasteiger partial charge in [0.15, 0.2) is 0 Å². The van der Waals surface area contributed by atoms with Crippen LogP contribution in [0.5, 0.6) is 5.75 Å². The second kappa shape index (κ2) is 6.89. The zero-order valence-corrected chi connectivity index (χ0v) is 11.2. The number of nitrogens with one attached hydrogen (secondary N) is 1. The maximum atomic E-state index is 10.9. The van der Waals surface area contributed by atoms with Crippen LogP contribution in [-0.4, -0.2) is 24.7 Å². The number of anilines is 1. The molecule has 4 nitrogen and oxygen atoms in total. The Morgan fingerprint density at radius 2 is 2.06 bits per heavy atom. The molecule has 0 saturated carbocycles. The smallest absolute Gasteiger partial charge is 0.335 e. The van der Waals surface area contributed by atoms with E-state index in [1.807, 2.05) is 0 Å². The van der Waals surface area contributed by atoms with E-state index in [4.69, 9.17) is 9.84 Å². The minimum absolute atomic E-state index is 0.267. The van der Waals surface area contributed by atoms with Crippen molar-refractivity contribution in [1.29, 1.82) is 0 Å². The highest BCUT2D eigenvalue weighted by Crippen LogP contribution is 2.26. The Hall–Kier alpha value is -1.71. The third-order valence-electron chi connectivity index (χ3n) is 3.18. The van der Waals surface area contributed by atoms with Gasteiger partial charge in [0.05, 0.1) is 18.4 Å². The Balaban J connectivity index is 2.84. The molecule has 18 heavy (non-hydrogen) atoms. The summed E-state index contributed by atoms with van der Waals surface area (Å²) >= 11 is 0. The lowest BCUT2D eigenvalue weighted by atomic mass is 10.0. The van der Waals surface area contributed by atoms with Gasteiger partial charge in [-0.25, -0.2) is 4.79 Å². The Bertz CT molecular complexity index is 400. The van der Waals surface area contributed by atoms with Crippen molar-refractivity contribution < 1.29 is 14.6 Å². The maximum absolute atomic E-state index is 10.9. The summed E-state index contributed by atoms with van der Waals surface area (Å²) in [5.74, 6) is 0.331. The second-order valence-electron chi connectivity index (χ2n) is 4.28. The molecule has 100 valence electrons. The molecule has 0 fully saturated rings. The topological polar surface area (TPSA) is 58.6 Å². The molecule has 0 unspecified atom stereocenters. The lowest BCUT2D eigenvalue weighted by Gasteiger charge is -2.16. The van der Waals surface area contributed by atoms with E-state index in [9.17, 15) is 4.79 Å². The molecule has 0 aliphatic heterocycles. The first-order valence-corrected chi connectivity index (χ1v) is 6.27. The van der Waals surface area contributed by atoms with Crippen molar-refractivity contribution in [3.63, 3.8) is 0 Å². The number of hydrogen-bond acceptors (Lipinski definition) is 3. The fraction of sp³-hybridized carbons (Fsp3) is 0.500. The van der Waals surface area contributed by atoms with Crippen molar-refractivity contribution in [3.05, 3.63) is 23.8 Å². The minimum Gasteiger partial charge on any atom is -0.495 e. The lowest BCUT2D eigenvalue weighted by molar-refractivity contribution is 0.0697. The predicted octanol–water partition coefficient (Wildman–Crippen LogP) is 3.24. The van der Waals surface area contributed by atoms with E-state index < -0.39 is 5.97 Å². The van der Waals surface area contributed by atoms with E-state index in [1.54, 1.807) is 25.3 Å². The summed E-state index contributed by atoms with van der Waals surface area (Å²) in [6, 6.07) is 4.84. The van der Waals surface area contributed by atoms with Crippen LogP contribution in [0, 0.1) is 5.92 Å². The predicted molar refractivity (Wildman–Crippen MR) is 72.5 cm³/mol. The molecule has 0 spiro atoms. The standard InChI is InChI=1S/C14H21NO3/c1-4-10(5-2)9-15-12-8-11(14(16)17)6-7-13(12)18-3/h6-8,10,15H,4-5,9H2,1-3H3,(H,16,17). The molecule has 1 aromatic carbocycles. The molecule has 0 bridgehead atoms. The van der Waals surface area contributed by atoms with Gasteiger partial charge in [0.25, 0.3) is 0 Å². The number of aromatic carboxylic acids is 1. The van der Waals surface area contributed by atoms with Gasteiger partial charge in [-0.05, 0) is 24.1 Å². The quantitative estimate of drug-likeness (QED) is 0.781. The Kier molecular flexibility index (Phi) is 5.49. The number of benzene rings is 1. The van der Waals surface area contributed by atoms with Crippen LogP contribution in [-0.2, 0) is 0 Å². The zero-order valence-electron chi connectivity index (χ0n) is 11.2. The highest BCUT2D eigenvalue weighted by molar-refractivity contribution is 5.89. The van der Waals surface area contributed by atoms with Gasteiger partial charge >= 0.3 is 5.97 Å². The van der Waals surface area contributed by atoms with Gasteiger partial charge < -0.3 is 15.2 Å². The van der Waals surface area contributed by atoms with E-state index >= 15 is 0 Å². The van der Waals surface area contributed by atoms with Crippen LogP contribution in [0.15, 0.2) is 18.2 Å². The molecule has 1 rings (SSSR count). The van der Waals surface area contributed by atoms with Crippen LogP contribution >= 0.6 is 0 Å².